The molecule has 1 N–H and O–H groups in total. The first-order valence-electron chi connectivity index (χ1n) is 4.69. The van der Waals surface area contributed by atoms with Crippen LogP contribution in [-0.4, -0.2) is 16.2 Å². The number of rotatable bonds is 3. The fourth-order valence-corrected chi connectivity index (χ4v) is 1.16. The van der Waals surface area contributed by atoms with Gasteiger partial charge in [0.05, 0.1) is 6.10 Å². The van der Waals surface area contributed by atoms with Gasteiger partial charge >= 0.3 is 0 Å². The number of hydrogen-bond acceptors (Lipinski definition) is 2. The minimum atomic E-state index is -0.283. The van der Waals surface area contributed by atoms with E-state index in [0.29, 0.717) is 12.3 Å². The van der Waals surface area contributed by atoms with Crippen LogP contribution in [0.4, 0.5) is 0 Å². The highest BCUT2D eigenvalue weighted by molar-refractivity contribution is 5.14. The highest BCUT2D eigenvalue weighted by atomic mass is 16.3. The van der Waals surface area contributed by atoms with E-state index in [4.69, 9.17) is 0 Å². The number of aliphatic hydroxyl groups is 1. The fraction of sp³-hybridized carbons (Fsp3) is 0.545. The molecule has 0 saturated carbocycles. The molecule has 13 heavy (non-hydrogen) atoms. The molecule has 1 atom stereocenters. The van der Waals surface area contributed by atoms with Gasteiger partial charge in [-0.1, -0.05) is 13.8 Å². The van der Waals surface area contributed by atoms with E-state index in [1.807, 2.05) is 32.9 Å². The molecule has 0 aliphatic carbocycles. The summed E-state index contributed by atoms with van der Waals surface area (Å²) in [6.45, 7) is 6.06. The van der Waals surface area contributed by atoms with E-state index < -0.39 is 0 Å². The third-order valence-corrected chi connectivity index (χ3v) is 2.16. The Labute approximate surface area is 79.6 Å². The van der Waals surface area contributed by atoms with Gasteiger partial charge in [-0.05, 0) is 30.5 Å². The van der Waals surface area contributed by atoms with Crippen molar-refractivity contribution < 1.29 is 5.11 Å². The predicted octanol–water partition coefficient (Wildman–Crippen LogP) is 1.95. The van der Waals surface area contributed by atoms with E-state index in [-0.39, 0.29) is 6.10 Å². The average molecular weight is 179 g/mol. The maximum Gasteiger partial charge on any atom is 0.0618 e. The number of nitrogens with zero attached hydrogens (tertiary/aromatic N) is 1. The second-order valence-corrected chi connectivity index (χ2v) is 3.84. The highest BCUT2D eigenvalue weighted by Gasteiger charge is 2.10. The molecule has 0 bridgehead atoms. The summed E-state index contributed by atoms with van der Waals surface area (Å²) in [6, 6.07) is 3.98. The summed E-state index contributed by atoms with van der Waals surface area (Å²) in [5.74, 6) is 0.294. The molecule has 1 unspecified atom stereocenters. The van der Waals surface area contributed by atoms with Crippen molar-refractivity contribution in [2.24, 2.45) is 5.92 Å². The lowest BCUT2D eigenvalue weighted by Crippen LogP contribution is -2.18. The Balaban J connectivity index is 2.64. The Hall–Kier alpha value is -0.890. The first-order chi connectivity index (χ1) is 6.09. The van der Waals surface area contributed by atoms with Crippen molar-refractivity contribution in [3.05, 3.63) is 29.6 Å². The van der Waals surface area contributed by atoms with E-state index in [1.165, 1.54) is 5.56 Å². The number of pyridine rings is 1. The molecule has 1 heterocycles. The van der Waals surface area contributed by atoms with Crippen LogP contribution in [0, 0.1) is 12.8 Å². The topological polar surface area (TPSA) is 33.1 Å². The van der Waals surface area contributed by atoms with Crippen LogP contribution in [0.15, 0.2) is 18.3 Å². The van der Waals surface area contributed by atoms with Gasteiger partial charge in [0.25, 0.3) is 0 Å². The highest BCUT2D eigenvalue weighted by Crippen LogP contribution is 2.09. The summed E-state index contributed by atoms with van der Waals surface area (Å²) in [5, 5.41) is 9.63. The van der Waals surface area contributed by atoms with Crippen LogP contribution < -0.4 is 0 Å². The van der Waals surface area contributed by atoms with E-state index >= 15 is 0 Å². The van der Waals surface area contributed by atoms with Gasteiger partial charge in [0.15, 0.2) is 0 Å². The van der Waals surface area contributed by atoms with E-state index in [9.17, 15) is 5.11 Å². The monoisotopic (exact) mass is 179 g/mol. The molecule has 1 aromatic rings. The van der Waals surface area contributed by atoms with Crippen molar-refractivity contribution in [1.29, 1.82) is 0 Å². The second-order valence-electron chi connectivity index (χ2n) is 3.84. The molecule has 72 valence electrons. The van der Waals surface area contributed by atoms with E-state index in [0.717, 1.165) is 5.69 Å². The van der Waals surface area contributed by atoms with Crippen molar-refractivity contribution in [1.82, 2.24) is 4.98 Å². The predicted molar refractivity (Wildman–Crippen MR) is 53.5 cm³/mol. The zero-order valence-electron chi connectivity index (χ0n) is 8.49. The summed E-state index contributed by atoms with van der Waals surface area (Å²) >= 11 is 0. The van der Waals surface area contributed by atoms with Crippen molar-refractivity contribution in [3.8, 4) is 0 Å². The number of aromatic nitrogens is 1. The Morgan fingerprint density at radius 3 is 2.69 bits per heavy atom. The maximum atomic E-state index is 9.63. The number of aliphatic hydroxyl groups excluding tert-OH is 1. The van der Waals surface area contributed by atoms with Crippen LogP contribution in [0.3, 0.4) is 0 Å². The van der Waals surface area contributed by atoms with E-state index in [1.54, 1.807) is 6.20 Å². The molecular weight excluding hydrogens is 162 g/mol. The SMILES string of the molecule is Cc1ccnc(CC(O)C(C)C)c1. The van der Waals surface area contributed by atoms with Crippen LogP contribution in [0.1, 0.15) is 25.1 Å². The molecule has 0 aliphatic heterocycles. The zero-order chi connectivity index (χ0) is 9.84. The molecule has 0 spiro atoms. The molecule has 0 radical (unpaired) electrons. The quantitative estimate of drug-likeness (QED) is 0.769. The minimum Gasteiger partial charge on any atom is -0.392 e. The van der Waals surface area contributed by atoms with Crippen molar-refractivity contribution in [2.75, 3.05) is 0 Å². The van der Waals surface area contributed by atoms with Crippen molar-refractivity contribution in [2.45, 2.75) is 33.3 Å². The second kappa shape index (κ2) is 4.38. The van der Waals surface area contributed by atoms with Gasteiger partial charge in [0.1, 0.15) is 0 Å². The largest absolute Gasteiger partial charge is 0.392 e. The first-order valence-corrected chi connectivity index (χ1v) is 4.69. The zero-order valence-corrected chi connectivity index (χ0v) is 8.49. The van der Waals surface area contributed by atoms with Crippen LogP contribution in [0.2, 0.25) is 0 Å². The first kappa shape index (κ1) is 10.2. The Morgan fingerprint density at radius 1 is 1.46 bits per heavy atom. The van der Waals surface area contributed by atoms with E-state index in [2.05, 4.69) is 4.98 Å². The van der Waals surface area contributed by atoms with Gasteiger partial charge in [-0.15, -0.1) is 0 Å². The van der Waals surface area contributed by atoms with Gasteiger partial charge in [-0.2, -0.15) is 0 Å². The van der Waals surface area contributed by atoms with Crippen molar-refractivity contribution in [3.63, 3.8) is 0 Å². The van der Waals surface area contributed by atoms with Crippen LogP contribution in [-0.2, 0) is 6.42 Å². The molecule has 0 amide bonds. The lowest BCUT2D eigenvalue weighted by Gasteiger charge is -2.13. The normalized spacial score (nSPS) is 13.3. The Morgan fingerprint density at radius 2 is 2.15 bits per heavy atom. The molecule has 0 saturated heterocycles. The van der Waals surface area contributed by atoms with Gasteiger partial charge < -0.3 is 5.11 Å². The summed E-state index contributed by atoms with van der Waals surface area (Å²) in [5.41, 5.74) is 2.17. The molecule has 0 aliphatic rings. The molecule has 2 nitrogen and oxygen atoms in total. The number of hydrogen-bond donors (Lipinski definition) is 1. The summed E-state index contributed by atoms with van der Waals surface area (Å²) in [4.78, 5) is 4.20. The van der Waals surface area contributed by atoms with Gasteiger partial charge in [-0.3, -0.25) is 4.98 Å². The molecule has 2 heteroatoms. The summed E-state index contributed by atoms with van der Waals surface area (Å²) in [7, 11) is 0. The summed E-state index contributed by atoms with van der Waals surface area (Å²) < 4.78 is 0. The van der Waals surface area contributed by atoms with Crippen molar-refractivity contribution >= 4 is 0 Å². The summed E-state index contributed by atoms with van der Waals surface area (Å²) in [6.07, 6.45) is 2.16. The minimum absolute atomic E-state index is 0.283. The lowest BCUT2D eigenvalue weighted by atomic mass is 10.0. The molecule has 1 rings (SSSR count). The van der Waals surface area contributed by atoms with Gasteiger partial charge in [-0.25, -0.2) is 0 Å². The standard InChI is InChI=1S/C11H17NO/c1-8(2)11(13)7-10-6-9(3)4-5-12-10/h4-6,8,11,13H,7H2,1-3H3. The third kappa shape index (κ3) is 3.15. The molecule has 0 fully saturated rings. The Bertz CT molecular complexity index is 271. The van der Waals surface area contributed by atoms with Gasteiger partial charge in [0, 0.05) is 18.3 Å². The maximum absolute atomic E-state index is 9.63. The van der Waals surface area contributed by atoms with Crippen LogP contribution in [0.5, 0.6) is 0 Å². The lowest BCUT2D eigenvalue weighted by molar-refractivity contribution is 0.124. The molecular formula is C11H17NO. The Kier molecular flexibility index (Phi) is 3.43. The van der Waals surface area contributed by atoms with Crippen LogP contribution >= 0.6 is 0 Å². The molecule has 0 aromatic carbocycles. The average Bonchev–Trinajstić information content (AvgIpc) is 2.04. The smallest absolute Gasteiger partial charge is 0.0618 e. The molecule has 1 aromatic heterocycles. The van der Waals surface area contributed by atoms with Crippen LogP contribution in [0.25, 0.3) is 0 Å². The third-order valence-electron chi connectivity index (χ3n) is 2.16. The van der Waals surface area contributed by atoms with Gasteiger partial charge in [0.2, 0.25) is 0 Å². The fourth-order valence-electron chi connectivity index (χ4n) is 1.16. The number of aryl methyl sites for hydroxylation is 1.